The first kappa shape index (κ1) is 10.7. The Kier molecular flexibility index (Phi) is 2.90. The van der Waals surface area contributed by atoms with Crippen molar-refractivity contribution in [3.05, 3.63) is 29.8 Å². The van der Waals surface area contributed by atoms with Crippen LogP contribution in [0.4, 0.5) is 5.69 Å². The molecular formula is C12H14N2O2. The fourth-order valence-corrected chi connectivity index (χ4v) is 1.80. The van der Waals surface area contributed by atoms with E-state index in [0.29, 0.717) is 17.7 Å². The van der Waals surface area contributed by atoms with Gasteiger partial charge in [-0.05, 0) is 18.6 Å². The van der Waals surface area contributed by atoms with Gasteiger partial charge >= 0.3 is 0 Å². The van der Waals surface area contributed by atoms with Crippen molar-refractivity contribution >= 4 is 17.5 Å². The summed E-state index contributed by atoms with van der Waals surface area (Å²) in [4.78, 5) is 23.6. The van der Waals surface area contributed by atoms with Gasteiger partial charge in [0, 0.05) is 0 Å². The Balaban J connectivity index is 2.32. The number of hydrogen-bond acceptors (Lipinski definition) is 2. The van der Waals surface area contributed by atoms with Crippen LogP contribution in [0.3, 0.4) is 0 Å². The first-order chi connectivity index (χ1) is 7.72. The zero-order valence-electron chi connectivity index (χ0n) is 9.12. The molecule has 1 heterocycles. The first-order valence-electron chi connectivity index (χ1n) is 5.43. The number of carbonyl (C=O) groups is 2. The number of carbonyl (C=O) groups excluding carboxylic acids is 2. The van der Waals surface area contributed by atoms with E-state index in [9.17, 15) is 9.59 Å². The van der Waals surface area contributed by atoms with Crippen LogP contribution < -0.4 is 10.6 Å². The standard InChI is InChI=1S/C12H14N2O2/c1-2-5-10-12(16)13-9-7-4-3-6-8(9)11(15)14-10/h3-4,6-7,10H,2,5H2,1H3,(H,13,16)(H,14,15)/t10-/m0/s1. The minimum Gasteiger partial charge on any atom is -0.340 e. The largest absolute Gasteiger partial charge is 0.340 e. The number of nitrogens with one attached hydrogen (secondary N) is 2. The highest BCUT2D eigenvalue weighted by atomic mass is 16.2. The van der Waals surface area contributed by atoms with Gasteiger partial charge in [-0.1, -0.05) is 25.5 Å². The monoisotopic (exact) mass is 218 g/mol. The molecule has 1 aromatic carbocycles. The summed E-state index contributed by atoms with van der Waals surface area (Å²) in [5.74, 6) is -0.326. The molecule has 4 heteroatoms. The maximum absolute atomic E-state index is 11.8. The molecule has 0 aliphatic carbocycles. The molecule has 0 aromatic heterocycles. The molecule has 0 bridgehead atoms. The lowest BCUT2D eigenvalue weighted by atomic mass is 10.1. The Morgan fingerprint density at radius 2 is 2.00 bits per heavy atom. The molecule has 0 radical (unpaired) electrons. The molecule has 0 fully saturated rings. The summed E-state index contributed by atoms with van der Waals surface area (Å²) in [6.45, 7) is 1.98. The van der Waals surface area contributed by atoms with E-state index >= 15 is 0 Å². The zero-order chi connectivity index (χ0) is 11.5. The van der Waals surface area contributed by atoms with Crippen molar-refractivity contribution in [1.29, 1.82) is 0 Å². The van der Waals surface area contributed by atoms with E-state index in [4.69, 9.17) is 0 Å². The summed E-state index contributed by atoms with van der Waals surface area (Å²) in [5.41, 5.74) is 1.11. The Morgan fingerprint density at radius 1 is 1.25 bits per heavy atom. The SMILES string of the molecule is CCC[C@@H]1NC(=O)c2ccccc2NC1=O. The Bertz CT molecular complexity index is 429. The quantitative estimate of drug-likeness (QED) is 0.791. The normalized spacial score (nSPS) is 19.4. The summed E-state index contributed by atoms with van der Waals surface area (Å²) in [5, 5.41) is 5.50. The van der Waals surface area contributed by atoms with E-state index in [1.165, 1.54) is 0 Å². The van der Waals surface area contributed by atoms with Crippen molar-refractivity contribution in [3.63, 3.8) is 0 Å². The van der Waals surface area contributed by atoms with Gasteiger partial charge in [-0.25, -0.2) is 0 Å². The predicted molar refractivity (Wildman–Crippen MR) is 61.2 cm³/mol. The number of benzene rings is 1. The lowest BCUT2D eigenvalue weighted by Crippen LogP contribution is -2.40. The highest BCUT2D eigenvalue weighted by molar-refractivity contribution is 6.09. The Hall–Kier alpha value is -1.84. The maximum Gasteiger partial charge on any atom is 0.254 e. The second-order valence-electron chi connectivity index (χ2n) is 3.85. The molecule has 2 amide bonds. The van der Waals surface area contributed by atoms with Crippen LogP contribution in [0, 0.1) is 0 Å². The third kappa shape index (κ3) is 1.91. The van der Waals surface area contributed by atoms with E-state index < -0.39 is 6.04 Å². The van der Waals surface area contributed by atoms with E-state index in [-0.39, 0.29) is 11.8 Å². The number of anilines is 1. The van der Waals surface area contributed by atoms with Crippen LogP contribution in [0.15, 0.2) is 24.3 Å². The van der Waals surface area contributed by atoms with Crippen LogP contribution in [-0.4, -0.2) is 17.9 Å². The fraction of sp³-hybridized carbons (Fsp3) is 0.333. The van der Waals surface area contributed by atoms with Crippen molar-refractivity contribution in [2.24, 2.45) is 0 Å². The van der Waals surface area contributed by atoms with E-state index in [1.807, 2.05) is 6.92 Å². The van der Waals surface area contributed by atoms with E-state index in [1.54, 1.807) is 24.3 Å². The predicted octanol–water partition coefficient (Wildman–Crippen LogP) is 1.54. The van der Waals surface area contributed by atoms with Gasteiger partial charge in [0.25, 0.3) is 5.91 Å². The third-order valence-electron chi connectivity index (χ3n) is 2.63. The first-order valence-corrected chi connectivity index (χ1v) is 5.43. The van der Waals surface area contributed by atoms with Gasteiger partial charge in [0.15, 0.2) is 0 Å². The second kappa shape index (κ2) is 4.35. The van der Waals surface area contributed by atoms with Gasteiger partial charge in [-0.3, -0.25) is 9.59 Å². The van der Waals surface area contributed by atoms with Crippen molar-refractivity contribution in [2.75, 3.05) is 5.32 Å². The molecule has 1 aliphatic heterocycles. The van der Waals surface area contributed by atoms with Crippen LogP contribution in [0.5, 0.6) is 0 Å². The van der Waals surface area contributed by atoms with Gasteiger partial charge in [0.1, 0.15) is 6.04 Å². The number of amides is 2. The Labute approximate surface area is 94.0 Å². The zero-order valence-corrected chi connectivity index (χ0v) is 9.12. The molecule has 0 unspecified atom stereocenters. The molecule has 4 nitrogen and oxygen atoms in total. The van der Waals surface area contributed by atoms with Crippen LogP contribution in [-0.2, 0) is 4.79 Å². The average molecular weight is 218 g/mol. The molecule has 1 atom stereocenters. The Morgan fingerprint density at radius 3 is 2.75 bits per heavy atom. The fourth-order valence-electron chi connectivity index (χ4n) is 1.80. The van der Waals surface area contributed by atoms with Gasteiger partial charge < -0.3 is 10.6 Å². The van der Waals surface area contributed by atoms with Gasteiger partial charge in [0.05, 0.1) is 11.3 Å². The van der Waals surface area contributed by atoms with Crippen molar-refractivity contribution in [3.8, 4) is 0 Å². The van der Waals surface area contributed by atoms with E-state index in [0.717, 1.165) is 6.42 Å². The molecule has 2 N–H and O–H groups in total. The lowest BCUT2D eigenvalue weighted by Gasteiger charge is -2.12. The maximum atomic E-state index is 11.8. The molecule has 0 saturated heterocycles. The minimum atomic E-state index is -0.426. The van der Waals surface area contributed by atoms with Gasteiger partial charge in [-0.2, -0.15) is 0 Å². The second-order valence-corrected chi connectivity index (χ2v) is 3.85. The minimum absolute atomic E-state index is 0.139. The summed E-state index contributed by atoms with van der Waals surface area (Å²) in [7, 11) is 0. The molecule has 0 spiro atoms. The number of fused-ring (bicyclic) bond motifs is 1. The number of para-hydroxylation sites is 1. The van der Waals surface area contributed by atoms with Crippen molar-refractivity contribution < 1.29 is 9.59 Å². The summed E-state index contributed by atoms with van der Waals surface area (Å²) in [6.07, 6.45) is 1.51. The van der Waals surface area contributed by atoms with E-state index in [2.05, 4.69) is 10.6 Å². The van der Waals surface area contributed by atoms with Crippen molar-refractivity contribution in [1.82, 2.24) is 5.32 Å². The third-order valence-corrected chi connectivity index (χ3v) is 2.63. The highest BCUT2D eigenvalue weighted by Gasteiger charge is 2.26. The molecule has 84 valence electrons. The van der Waals surface area contributed by atoms with Crippen molar-refractivity contribution in [2.45, 2.75) is 25.8 Å². The van der Waals surface area contributed by atoms with Gasteiger partial charge in [-0.15, -0.1) is 0 Å². The molecular weight excluding hydrogens is 204 g/mol. The topological polar surface area (TPSA) is 58.2 Å². The summed E-state index contributed by atoms with van der Waals surface area (Å²) < 4.78 is 0. The molecule has 16 heavy (non-hydrogen) atoms. The molecule has 1 aromatic rings. The van der Waals surface area contributed by atoms with Crippen LogP contribution in [0.2, 0.25) is 0 Å². The van der Waals surface area contributed by atoms with Gasteiger partial charge in [0.2, 0.25) is 5.91 Å². The summed E-state index contributed by atoms with van der Waals surface area (Å²) >= 11 is 0. The average Bonchev–Trinajstić information content (AvgIpc) is 2.39. The number of hydrogen-bond donors (Lipinski definition) is 2. The smallest absolute Gasteiger partial charge is 0.254 e. The number of rotatable bonds is 2. The van der Waals surface area contributed by atoms with Crippen LogP contribution in [0.25, 0.3) is 0 Å². The highest BCUT2D eigenvalue weighted by Crippen LogP contribution is 2.18. The lowest BCUT2D eigenvalue weighted by molar-refractivity contribution is -0.118. The van der Waals surface area contributed by atoms with Crippen LogP contribution >= 0.6 is 0 Å². The van der Waals surface area contributed by atoms with Crippen LogP contribution in [0.1, 0.15) is 30.1 Å². The summed E-state index contributed by atoms with van der Waals surface area (Å²) in [6, 6.07) is 6.60. The molecule has 0 saturated carbocycles. The molecule has 2 rings (SSSR count). The molecule has 1 aliphatic rings.